The Kier molecular flexibility index (Phi) is 4.91. The molecule has 6 rings (SSSR count). The highest BCUT2D eigenvalue weighted by molar-refractivity contribution is 6.06. The second-order valence-corrected chi connectivity index (χ2v) is 8.50. The van der Waals surface area contributed by atoms with Crippen LogP contribution in [-0.2, 0) is 0 Å². The van der Waals surface area contributed by atoms with E-state index in [-0.39, 0.29) is 12.7 Å². The number of benzene rings is 4. The summed E-state index contributed by atoms with van der Waals surface area (Å²) in [5.74, 6) is 2.45. The third-order valence-electron chi connectivity index (χ3n) is 6.68. The third-order valence-corrected chi connectivity index (χ3v) is 6.68. The van der Waals surface area contributed by atoms with Crippen LogP contribution in [0.2, 0.25) is 0 Å². The van der Waals surface area contributed by atoms with E-state index in [0.29, 0.717) is 22.8 Å². The van der Waals surface area contributed by atoms with Gasteiger partial charge in [0.1, 0.15) is 6.17 Å². The Hall–Kier alpha value is -4.39. The van der Waals surface area contributed by atoms with E-state index >= 15 is 0 Å². The Labute approximate surface area is 202 Å². The minimum atomic E-state index is -0.508. The lowest BCUT2D eigenvalue weighted by atomic mass is 9.87. The average Bonchev–Trinajstić information content (AvgIpc) is 3.36. The second-order valence-electron chi connectivity index (χ2n) is 8.50. The van der Waals surface area contributed by atoms with Crippen molar-refractivity contribution in [3.63, 3.8) is 0 Å². The van der Waals surface area contributed by atoms with Crippen molar-refractivity contribution >= 4 is 22.4 Å². The van der Waals surface area contributed by atoms with Gasteiger partial charge in [-0.2, -0.15) is 0 Å². The summed E-state index contributed by atoms with van der Waals surface area (Å²) in [4.78, 5) is 15.4. The molecule has 4 aromatic carbocycles. The van der Waals surface area contributed by atoms with Crippen LogP contribution in [0.3, 0.4) is 0 Å². The van der Waals surface area contributed by atoms with Gasteiger partial charge < -0.3 is 29.2 Å². The topological polar surface area (TPSA) is 69.3 Å². The molecule has 1 N–H and O–H groups in total. The fourth-order valence-electron chi connectivity index (χ4n) is 5.04. The van der Waals surface area contributed by atoms with E-state index in [9.17, 15) is 4.79 Å². The molecule has 2 aliphatic rings. The van der Waals surface area contributed by atoms with Crippen molar-refractivity contribution in [2.45, 2.75) is 6.17 Å². The summed E-state index contributed by atoms with van der Waals surface area (Å²) >= 11 is 0. The van der Waals surface area contributed by atoms with Crippen LogP contribution in [0.5, 0.6) is 23.0 Å². The van der Waals surface area contributed by atoms with Gasteiger partial charge in [-0.15, -0.1) is 0 Å². The minimum Gasteiger partial charge on any atom is -0.493 e. The van der Waals surface area contributed by atoms with Crippen molar-refractivity contribution in [3.05, 3.63) is 77.9 Å². The maximum Gasteiger partial charge on any atom is 0.253 e. The summed E-state index contributed by atoms with van der Waals surface area (Å²) in [6.45, 7) is 0.208. The number of carbonyl (C=O) groups excluding carboxylic acids is 1. The van der Waals surface area contributed by atoms with E-state index in [0.717, 1.165) is 38.9 Å². The van der Waals surface area contributed by atoms with Gasteiger partial charge in [0.2, 0.25) is 6.79 Å². The van der Waals surface area contributed by atoms with E-state index in [4.69, 9.17) is 18.9 Å². The number of amides is 1. The van der Waals surface area contributed by atoms with Gasteiger partial charge in [0.25, 0.3) is 5.91 Å². The number of rotatable bonds is 4. The number of carbonyl (C=O) groups is 1. The molecule has 1 unspecified atom stereocenters. The molecule has 0 bridgehead atoms. The predicted octanol–water partition coefficient (Wildman–Crippen LogP) is 5.13. The van der Waals surface area contributed by atoms with Crippen LogP contribution < -0.4 is 29.2 Å². The lowest BCUT2D eigenvalue weighted by Crippen LogP contribution is -2.42. The van der Waals surface area contributed by atoms with Crippen LogP contribution in [0.4, 0.5) is 5.69 Å². The van der Waals surface area contributed by atoms with Gasteiger partial charge in [-0.25, -0.2) is 0 Å². The third kappa shape index (κ3) is 3.23. The lowest BCUT2D eigenvalue weighted by molar-refractivity contribution is 0.0935. The number of nitrogens with zero attached hydrogens (tertiary/aromatic N) is 1. The van der Waals surface area contributed by atoms with E-state index in [2.05, 4.69) is 22.3 Å². The molecule has 7 nitrogen and oxygen atoms in total. The van der Waals surface area contributed by atoms with Crippen molar-refractivity contribution in [1.29, 1.82) is 0 Å². The summed E-state index contributed by atoms with van der Waals surface area (Å²) in [5.41, 5.74) is 4.40. The van der Waals surface area contributed by atoms with Crippen LogP contribution in [0.1, 0.15) is 22.1 Å². The molecule has 7 heteroatoms. The van der Waals surface area contributed by atoms with Gasteiger partial charge in [-0.3, -0.25) is 4.79 Å². The van der Waals surface area contributed by atoms with Crippen molar-refractivity contribution in [1.82, 2.24) is 5.32 Å². The second kappa shape index (κ2) is 8.13. The van der Waals surface area contributed by atoms with E-state index in [1.807, 2.05) is 49.5 Å². The van der Waals surface area contributed by atoms with Crippen LogP contribution in [0.15, 0.2) is 66.7 Å². The molecule has 0 spiro atoms. The Morgan fingerprint density at radius 1 is 0.943 bits per heavy atom. The van der Waals surface area contributed by atoms with Gasteiger partial charge in [0.05, 0.1) is 19.9 Å². The molecule has 0 saturated heterocycles. The number of anilines is 1. The molecule has 2 aliphatic heterocycles. The lowest BCUT2D eigenvalue weighted by Gasteiger charge is -2.39. The number of nitrogens with one attached hydrogen (secondary N) is 1. The van der Waals surface area contributed by atoms with Gasteiger partial charge in [0, 0.05) is 29.1 Å². The molecule has 0 aliphatic carbocycles. The molecule has 176 valence electrons. The average molecular weight is 469 g/mol. The monoisotopic (exact) mass is 468 g/mol. The first-order valence-electron chi connectivity index (χ1n) is 11.3. The Bertz CT molecular complexity index is 1470. The van der Waals surface area contributed by atoms with Crippen LogP contribution in [0, 0.1) is 0 Å². The molecule has 0 saturated carbocycles. The van der Waals surface area contributed by atoms with Crippen molar-refractivity contribution in [2.24, 2.45) is 0 Å². The number of hydrogen-bond donors (Lipinski definition) is 1. The maximum atomic E-state index is 13.3. The standard InChI is InChI=1S/C28H24N2O5/c1-30-25-19(10-9-17-13-22-23(14-20(17)25)35-15-34-22)18-11-12-21(32-2)26(33-3)24(18)27(30)29-28(31)16-7-5-4-6-8-16/h4-14,27H,15H2,1-3H3,(H,29,31). The van der Waals surface area contributed by atoms with E-state index < -0.39 is 6.17 Å². The Morgan fingerprint density at radius 2 is 1.69 bits per heavy atom. The first-order valence-corrected chi connectivity index (χ1v) is 11.3. The van der Waals surface area contributed by atoms with Crippen LogP contribution >= 0.6 is 0 Å². The van der Waals surface area contributed by atoms with E-state index in [1.165, 1.54) is 0 Å². The van der Waals surface area contributed by atoms with E-state index in [1.54, 1.807) is 26.4 Å². The van der Waals surface area contributed by atoms with Crippen LogP contribution in [0.25, 0.3) is 21.9 Å². The molecule has 4 aromatic rings. The highest BCUT2D eigenvalue weighted by Crippen LogP contribution is 2.52. The zero-order valence-electron chi connectivity index (χ0n) is 19.6. The molecule has 0 fully saturated rings. The minimum absolute atomic E-state index is 0.181. The molecule has 0 radical (unpaired) electrons. The van der Waals surface area contributed by atoms with Gasteiger partial charge in [-0.05, 0) is 47.3 Å². The van der Waals surface area contributed by atoms with Gasteiger partial charge in [-0.1, -0.05) is 30.3 Å². The largest absolute Gasteiger partial charge is 0.493 e. The molecule has 1 amide bonds. The van der Waals surface area contributed by atoms with Gasteiger partial charge >= 0.3 is 0 Å². The first kappa shape index (κ1) is 21.2. The Balaban J connectivity index is 1.58. The zero-order chi connectivity index (χ0) is 24.1. The van der Waals surface area contributed by atoms with Crippen LogP contribution in [-0.4, -0.2) is 34.0 Å². The fraction of sp³-hybridized carbons (Fsp3) is 0.179. The van der Waals surface area contributed by atoms with Gasteiger partial charge in [0.15, 0.2) is 23.0 Å². The fourth-order valence-corrected chi connectivity index (χ4v) is 5.04. The molecule has 1 atom stereocenters. The maximum absolute atomic E-state index is 13.3. The summed E-state index contributed by atoms with van der Waals surface area (Å²) in [7, 11) is 5.20. The summed E-state index contributed by atoms with van der Waals surface area (Å²) in [6, 6.07) is 21.3. The summed E-state index contributed by atoms with van der Waals surface area (Å²) in [5, 5.41) is 5.25. The van der Waals surface area contributed by atoms with Crippen molar-refractivity contribution < 1.29 is 23.7 Å². The molecule has 35 heavy (non-hydrogen) atoms. The molecule has 2 heterocycles. The smallest absolute Gasteiger partial charge is 0.253 e. The quantitative estimate of drug-likeness (QED) is 0.448. The normalized spacial score (nSPS) is 15.4. The molecular weight excluding hydrogens is 444 g/mol. The summed E-state index contributed by atoms with van der Waals surface area (Å²) < 4.78 is 22.7. The molecule has 0 aromatic heterocycles. The molecular formula is C28H24N2O5. The SMILES string of the molecule is COc1ccc2c(c1OC)C(NC(=O)c1ccccc1)N(C)c1c-2ccc2cc3c(cc12)OCO3. The van der Waals surface area contributed by atoms with Crippen molar-refractivity contribution in [3.8, 4) is 34.1 Å². The Morgan fingerprint density at radius 3 is 2.43 bits per heavy atom. The first-order chi connectivity index (χ1) is 17.1. The zero-order valence-corrected chi connectivity index (χ0v) is 19.6. The summed E-state index contributed by atoms with van der Waals surface area (Å²) in [6.07, 6.45) is -0.508. The number of methoxy groups -OCH3 is 2. The predicted molar refractivity (Wildman–Crippen MR) is 134 cm³/mol. The van der Waals surface area contributed by atoms with Crippen molar-refractivity contribution in [2.75, 3.05) is 33.0 Å². The highest BCUT2D eigenvalue weighted by Gasteiger charge is 2.36. The number of ether oxygens (including phenoxy) is 4. The number of hydrogen-bond acceptors (Lipinski definition) is 6. The highest BCUT2D eigenvalue weighted by atomic mass is 16.7. The number of fused-ring (bicyclic) bond motifs is 6.